The summed E-state index contributed by atoms with van der Waals surface area (Å²) in [4.78, 5) is 27.5. The van der Waals surface area contributed by atoms with Crippen molar-refractivity contribution in [3.63, 3.8) is 0 Å². The first-order chi connectivity index (χ1) is 11.2. The molecule has 23 heavy (non-hydrogen) atoms. The van der Waals surface area contributed by atoms with Gasteiger partial charge in [-0.05, 0) is 37.6 Å². The Balaban J connectivity index is 1.56. The number of hydrogen-bond acceptors (Lipinski definition) is 2. The predicted octanol–water partition coefficient (Wildman–Crippen LogP) is 0.610. The average Bonchev–Trinajstić information content (AvgIpc) is 3.02. The maximum absolute atomic E-state index is 12.4. The smallest absolute Gasteiger partial charge is 0.251 e. The van der Waals surface area contributed by atoms with Crippen LogP contribution in [0.25, 0.3) is 0 Å². The molecule has 0 unspecified atom stereocenters. The third kappa shape index (κ3) is 3.72. The van der Waals surface area contributed by atoms with E-state index in [2.05, 4.69) is 12.2 Å². The Morgan fingerprint density at radius 2 is 1.96 bits per heavy atom. The molecule has 3 rings (SSSR count). The van der Waals surface area contributed by atoms with Crippen molar-refractivity contribution in [1.29, 1.82) is 0 Å². The summed E-state index contributed by atoms with van der Waals surface area (Å²) >= 11 is 0. The molecule has 2 heterocycles. The molecule has 1 aromatic carbocycles. The largest absolute Gasteiger partial charge is 0.349 e. The van der Waals surface area contributed by atoms with Crippen LogP contribution in [0.15, 0.2) is 24.3 Å². The normalized spacial score (nSPS) is 24.7. The van der Waals surface area contributed by atoms with Gasteiger partial charge in [0, 0.05) is 43.1 Å². The van der Waals surface area contributed by atoms with E-state index >= 15 is 0 Å². The Bertz CT molecular complexity index is 562. The summed E-state index contributed by atoms with van der Waals surface area (Å²) in [5.41, 5.74) is 1.56. The highest BCUT2D eigenvalue weighted by atomic mass is 16.2. The van der Waals surface area contributed by atoms with Gasteiger partial charge in [-0.3, -0.25) is 9.59 Å². The third-order valence-corrected chi connectivity index (χ3v) is 5.04. The van der Waals surface area contributed by atoms with Gasteiger partial charge in [-0.15, -0.1) is 0 Å². The first-order valence-corrected chi connectivity index (χ1v) is 8.72. The van der Waals surface area contributed by atoms with Crippen molar-refractivity contribution in [3.8, 4) is 0 Å². The van der Waals surface area contributed by atoms with E-state index in [1.54, 1.807) is 9.80 Å². The Hall–Kier alpha value is -1.88. The van der Waals surface area contributed by atoms with Crippen molar-refractivity contribution in [2.75, 3.05) is 31.1 Å². The highest BCUT2D eigenvalue weighted by Crippen LogP contribution is 2.21. The molecule has 0 aliphatic carbocycles. The molecule has 5 nitrogen and oxygen atoms in total. The molecule has 0 saturated carbocycles. The standard InChI is InChI=1S/C18H25N3O2/c1-2-20-12-9-15(10-13-20)19-18(23)14-5-7-16(8-6-14)21-11-3-4-17(21)22/h5-8,15H,2-4,9-13H2,1H3,(H,19,23)/p+1. The zero-order chi connectivity index (χ0) is 16.2. The summed E-state index contributed by atoms with van der Waals surface area (Å²) in [5, 5.41) is 3.14. The van der Waals surface area contributed by atoms with Gasteiger partial charge in [-0.25, -0.2) is 0 Å². The van der Waals surface area contributed by atoms with Gasteiger partial charge in [-0.1, -0.05) is 0 Å². The van der Waals surface area contributed by atoms with Crippen molar-refractivity contribution in [1.82, 2.24) is 5.32 Å². The number of nitrogens with one attached hydrogen (secondary N) is 2. The van der Waals surface area contributed by atoms with Crippen LogP contribution in [0.4, 0.5) is 5.69 Å². The molecule has 0 spiro atoms. The minimum absolute atomic E-state index is 0.00533. The second kappa shape index (κ2) is 7.13. The molecule has 2 amide bonds. The lowest BCUT2D eigenvalue weighted by molar-refractivity contribution is -0.903. The Morgan fingerprint density at radius 1 is 1.26 bits per heavy atom. The molecular formula is C18H26N3O2+. The number of likely N-dealkylation sites (tertiary alicyclic amines) is 1. The summed E-state index contributed by atoms with van der Waals surface area (Å²) in [7, 11) is 0. The van der Waals surface area contributed by atoms with E-state index in [0.29, 0.717) is 12.0 Å². The van der Waals surface area contributed by atoms with Gasteiger partial charge in [0.15, 0.2) is 0 Å². The molecule has 0 bridgehead atoms. The number of anilines is 1. The highest BCUT2D eigenvalue weighted by molar-refractivity contribution is 5.97. The minimum Gasteiger partial charge on any atom is -0.349 e. The number of rotatable bonds is 4. The quantitative estimate of drug-likeness (QED) is 0.855. The molecule has 124 valence electrons. The lowest BCUT2D eigenvalue weighted by atomic mass is 10.0. The molecule has 2 saturated heterocycles. The van der Waals surface area contributed by atoms with E-state index in [1.165, 1.54) is 0 Å². The van der Waals surface area contributed by atoms with Crippen LogP contribution in [0.3, 0.4) is 0 Å². The number of carbonyl (C=O) groups is 2. The van der Waals surface area contributed by atoms with Crippen LogP contribution in [0, 0.1) is 0 Å². The van der Waals surface area contributed by atoms with Crippen molar-refractivity contribution in [2.45, 2.75) is 38.6 Å². The number of hydrogen-bond donors (Lipinski definition) is 2. The number of quaternary nitrogens is 1. The van der Waals surface area contributed by atoms with E-state index in [9.17, 15) is 9.59 Å². The van der Waals surface area contributed by atoms with Gasteiger partial charge in [0.2, 0.25) is 5.91 Å². The molecule has 5 heteroatoms. The molecular weight excluding hydrogens is 290 g/mol. The Morgan fingerprint density at radius 3 is 2.52 bits per heavy atom. The zero-order valence-corrected chi connectivity index (χ0v) is 13.8. The van der Waals surface area contributed by atoms with E-state index < -0.39 is 0 Å². The third-order valence-electron chi connectivity index (χ3n) is 5.04. The highest BCUT2D eigenvalue weighted by Gasteiger charge is 2.24. The number of piperidine rings is 1. The lowest BCUT2D eigenvalue weighted by Gasteiger charge is -2.29. The van der Waals surface area contributed by atoms with Crippen molar-refractivity contribution in [3.05, 3.63) is 29.8 Å². The molecule has 2 N–H and O–H groups in total. The maximum atomic E-state index is 12.4. The molecule has 1 aromatic rings. The van der Waals surface area contributed by atoms with Gasteiger partial charge in [0.05, 0.1) is 19.6 Å². The molecule has 0 radical (unpaired) electrons. The summed E-state index contributed by atoms with van der Waals surface area (Å²) in [6.45, 7) is 6.43. The van der Waals surface area contributed by atoms with Crippen molar-refractivity contribution < 1.29 is 14.5 Å². The first kappa shape index (κ1) is 16.0. The van der Waals surface area contributed by atoms with E-state index in [-0.39, 0.29) is 17.9 Å². The van der Waals surface area contributed by atoms with Gasteiger partial charge >= 0.3 is 0 Å². The van der Waals surface area contributed by atoms with Crippen molar-refractivity contribution in [2.24, 2.45) is 0 Å². The second-order valence-corrected chi connectivity index (χ2v) is 6.55. The fourth-order valence-electron chi connectivity index (χ4n) is 3.51. The number of amides is 2. The summed E-state index contributed by atoms with van der Waals surface area (Å²) in [6.07, 6.45) is 3.64. The maximum Gasteiger partial charge on any atom is 0.251 e. The Labute approximate surface area is 137 Å². The van der Waals surface area contributed by atoms with Crippen molar-refractivity contribution >= 4 is 17.5 Å². The fourth-order valence-corrected chi connectivity index (χ4v) is 3.51. The summed E-state index contributed by atoms with van der Waals surface area (Å²) in [5.74, 6) is 0.168. The van der Waals surface area contributed by atoms with Crippen LogP contribution < -0.4 is 15.1 Å². The number of nitrogens with zero attached hydrogens (tertiary/aromatic N) is 1. The second-order valence-electron chi connectivity index (χ2n) is 6.55. The van der Waals surface area contributed by atoms with Gasteiger partial charge < -0.3 is 15.1 Å². The Kier molecular flexibility index (Phi) is 4.96. The number of carbonyl (C=O) groups excluding carboxylic acids is 2. The van der Waals surface area contributed by atoms with Gasteiger partial charge in [0.1, 0.15) is 0 Å². The fraction of sp³-hybridized carbons (Fsp3) is 0.556. The SMILES string of the molecule is CC[NH+]1CCC(NC(=O)c2ccc(N3CCCC3=O)cc2)CC1. The topological polar surface area (TPSA) is 53.9 Å². The van der Waals surface area contributed by atoms with Crippen LogP contribution in [0.2, 0.25) is 0 Å². The first-order valence-electron chi connectivity index (χ1n) is 8.72. The monoisotopic (exact) mass is 316 g/mol. The van der Waals surface area contributed by atoms with Gasteiger partial charge in [-0.2, -0.15) is 0 Å². The molecule has 2 fully saturated rings. The van der Waals surface area contributed by atoms with E-state index in [1.807, 2.05) is 24.3 Å². The molecule has 2 aliphatic rings. The minimum atomic E-state index is -0.00533. The van der Waals surface area contributed by atoms with Crippen LogP contribution in [-0.2, 0) is 4.79 Å². The molecule has 0 atom stereocenters. The lowest BCUT2D eigenvalue weighted by Crippen LogP contribution is -3.13. The van der Waals surface area contributed by atoms with Crippen LogP contribution >= 0.6 is 0 Å². The molecule has 0 aromatic heterocycles. The molecule has 2 aliphatic heterocycles. The summed E-state index contributed by atoms with van der Waals surface area (Å²) < 4.78 is 0. The predicted molar refractivity (Wildman–Crippen MR) is 89.8 cm³/mol. The van der Waals surface area contributed by atoms with Crippen LogP contribution in [0.5, 0.6) is 0 Å². The van der Waals surface area contributed by atoms with Crippen LogP contribution in [0.1, 0.15) is 43.0 Å². The van der Waals surface area contributed by atoms with E-state index in [0.717, 1.165) is 51.1 Å². The van der Waals surface area contributed by atoms with Gasteiger partial charge in [0.25, 0.3) is 5.91 Å². The zero-order valence-electron chi connectivity index (χ0n) is 13.8. The van der Waals surface area contributed by atoms with E-state index in [4.69, 9.17) is 0 Å². The average molecular weight is 316 g/mol. The number of benzene rings is 1. The van der Waals surface area contributed by atoms with Crippen LogP contribution in [-0.4, -0.2) is 44.0 Å². The summed E-state index contributed by atoms with van der Waals surface area (Å²) in [6, 6.07) is 7.69.